The van der Waals surface area contributed by atoms with Gasteiger partial charge in [0.05, 0.1) is 0 Å². The van der Waals surface area contributed by atoms with Crippen LogP contribution in [0.2, 0.25) is 0 Å². The highest BCUT2D eigenvalue weighted by atomic mass is 35.5. The molecule has 0 radical (unpaired) electrons. The quantitative estimate of drug-likeness (QED) is 0.172. The van der Waals surface area contributed by atoms with E-state index in [0.29, 0.717) is 24.8 Å². The van der Waals surface area contributed by atoms with Gasteiger partial charge in [0.1, 0.15) is 18.5 Å². The lowest BCUT2D eigenvalue weighted by atomic mass is 10.1. The van der Waals surface area contributed by atoms with Crippen molar-refractivity contribution in [3.05, 3.63) is 54.6 Å². The molecule has 1 atom stereocenters. The third-order valence-corrected chi connectivity index (χ3v) is 7.46. The number of carbonyl (C=O) groups excluding carboxylic acids is 1. The monoisotopic (exact) mass is 588 g/mol. The number of hydrogen-bond donors (Lipinski definition) is 3. The number of aliphatic hydroxyl groups excluding tert-OH is 1. The number of anilines is 2. The number of halogens is 1. The van der Waals surface area contributed by atoms with Crippen LogP contribution >= 0.6 is 12.4 Å². The van der Waals surface area contributed by atoms with E-state index in [1.165, 1.54) is 63.8 Å². The van der Waals surface area contributed by atoms with E-state index >= 15 is 0 Å². The number of amides is 1. The molecule has 0 unspecified atom stereocenters. The van der Waals surface area contributed by atoms with Gasteiger partial charge >= 0.3 is 0 Å². The smallest absolute Gasteiger partial charge is 0.224 e. The summed E-state index contributed by atoms with van der Waals surface area (Å²) in [5, 5.41) is 16.1. The van der Waals surface area contributed by atoms with E-state index in [-0.39, 0.29) is 24.9 Å². The zero-order valence-corrected chi connectivity index (χ0v) is 26.0. The van der Waals surface area contributed by atoms with Gasteiger partial charge in [0, 0.05) is 56.6 Å². The zero-order chi connectivity index (χ0) is 28.4. The number of ether oxygens (including phenoxy) is 1. The molecular weight excluding hydrogens is 536 g/mol. The lowest BCUT2D eigenvalue weighted by Gasteiger charge is -2.36. The SMILES string of the molecule is CC(C)NC[C@@H](O)COc1ccc(NC(=O)CCCCCCCCCCN2CCN(c3ccccc3)CC2)cc1.Cl. The number of piperazine rings is 1. The molecule has 0 aromatic heterocycles. The van der Waals surface area contributed by atoms with E-state index in [1.54, 1.807) is 0 Å². The highest BCUT2D eigenvalue weighted by molar-refractivity contribution is 5.90. The minimum atomic E-state index is -0.556. The van der Waals surface area contributed by atoms with Crippen molar-refractivity contribution in [3.8, 4) is 5.75 Å². The van der Waals surface area contributed by atoms with Gasteiger partial charge < -0.3 is 25.4 Å². The molecule has 41 heavy (non-hydrogen) atoms. The van der Waals surface area contributed by atoms with Crippen molar-refractivity contribution < 1.29 is 14.6 Å². The van der Waals surface area contributed by atoms with Gasteiger partial charge in [0.25, 0.3) is 0 Å². The predicted octanol–water partition coefficient (Wildman–Crippen LogP) is 6.12. The number of carbonyl (C=O) groups is 1. The summed E-state index contributed by atoms with van der Waals surface area (Å²) in [4.78, 5) is 17.4. The summed E-state index contributed by atoms with van der Waals surface area (Å²) in [6.45, 7) is 10.6. The van der Waals surface area contributed by atoms with Gasteiger partial charge in [-0.3, -0.25) is 9.69 Å². The summed E-state index contributed by atoms with van der Waals surface area (Å²) >= 11 is 0. The minimum absolute atomic E-state index is 0. The highest BCUT2D eigenvalue weighted by Gasteiger charge is 2.16. The van der Waals surface area contributed by atoms with Gasteiger partial charge in [-0.25, -0.2) is 0 Å². The van der Waals surface area contributed by atoms with Crippen LogP contribution in [0.3, 0.4) is 0 Å². The van der Waals surface area contributed by atoms with Crippen LogP contribution in [0.1, 0.15) is 71.6 Å². The molecule has 1 fully saturated rings. The summed E-state index contributed by atoms with van der Waals surface area (Å²) in [5.41, 5.74) is 2.13. The first-order chi connectivity index (χ1) is 19.5. The fourth-order valence-corrected chi connectivity index (χ4v) is 5.03. The van der Waals surface area contributed by atoms with Crippen molar-refractivity contribution in [2.24, 2.45) is 0 Å². The third-order valence-electron chi connectivity index (χ3n) is 7.46. The van der Waals surface area contributed by atoms with Crippen molar-refractivity contribution >= 4 is 29.7 Å². The van der Waals surface area contributed by atoms with Gasteiger partial charge in [0.2, 0.25) is 5.91 Å². The maximum absolute atomic E-state index is 12.3. The lowest BCUT2D eigenvalue weighted by Crippen LogP contribution is -2.46. The minimum Gasteiger partial charge on any atom is -0.491 e. The Morgan fingerprint density at radius 3 is 2.10 bits per heavy atom. The van der Waals surface area contributed by atoms with Crippen molar-refractivity contribution in [1.82, 2.24) is 10.2 Å². The molecule has 8 heteroatoms. The third kappa shape index (κ3) is 14.9. The number of aliphatic hydroxyl groups is 1. The molecule has 1 aliphatic rings. The maximum Gasteiger partial charge on any atom is 0.224 e. The number of nitrogens with zero attached hydrogens (tertiary/aromatic N) is 2. The van der Waals surface area contributed by atoms with E-state index in [2.05, 4.69) is 50.8 Å². The van der Waals surface area contributed by atoms with Crippen molar-refractivity contribution in [3.63, 3.8) is 0 Å². The first-order valence-electron chi connectivity index (χ1n) is 15.5. The van der Waals surface area contributed by atoms with Gasteiger partial charge in [-0.1, -0.05) is 70.6 Å². The predicted molar refractivity (Wildman–Crippen MR) is 174 cm³/mol. The average Bonchev–Trinajstić information content (AvgIpc) is 2.97. The number of rotatable bonds is 19. The Bertz CT molecular complexity index is 937. The molecule has 1 aliphatic heterocycles. The lowest BCUT2D eigenvalue weighted by molar-refractivity contribution is -0.116. The van der Waals surface area contributed by atoms with E-state index in [1.807, 2.05) is 38.1 Å². The van der Waals surface area contributed by atoms with Crippen LogP contribution in [0, 0.1) is 0 Å². The summed E-state index contributed by atoms with van der Waals surface area (Å²) < 4.78 is 5.63. The molecule has 0 bridgehead atoms. The second kappa shape index (κ2) is 20.5. The standard InChI is InChI=1S/C33H52N4O3.ClH/c1-28(2)34-26-31(38)27-40-32-19-17-29(18-20-32)35-33(39)16-12-7-5-3-4-6-8-13-21-36-22-24-37(25-23-36)30-14-10-9-11-15-30;/h9-11,14-15,17-20,28,31,34,38H,3-8,12-13,16,21-27H2,1-2H3,(H,35,39);1H/t31-;/m1./s1. The van der Waals surface area contributed by atoms with Crippen molar-refractivity contribution in [2.45, 2.75) is 83.8 Å². The molecular formula is C33H53ClN4O3. The topological polar surface area (TPSA) is 77.1 Å². The molecule has 3 N–H and O–H groups in total. The largest absolute Gasteiger partial charge is 0.491 e. The molecule has 3 rings (SSSR count). The molecule has 2 aromatic carbocycles. The molecule has 0 saturated carbocycles. The first kappa shape index (κ1) is 34.9. The normalized spacial score (nSPS) is 14.5. The second-order valence-corrected chi connectivity index (χ2v) is 11.3. The number of para-hydroxylation sites is 1. The van der Waals surface area contributed by atoms with Crippen molar-refractivity contribution in [2.75, 3.05) is 56.1 Å². The van der Waals surface area contributed by atoms with Gasteiger partial charge in [-0.15, -0.1) is 12.4 Å². The Morgan fingerprint density at radius 2 is 1.46 bits per heavy atom. The Hall–Kier alpha value is -2.32. The average molecular weight is 589 g/mol. The number of benzene rings is 2. The molecule has 0 aliphatic carbocycles. The summed E-state index contributed by atoms with van der Waals surface area (Å²) in [7, 11) is 0. The van der Waals surface area contributed by atoms with Crippen LogP contribution in [0.15, 0.2) is 54.6 Å². The van der Waals surface area contributed by atoms with Gasteiger partial charge in [0.15, 0.2) is 0 Å². The van der Waals surface area contributed by atoms with E-state index < -0.39 is 6.10 Å². The Labute approximate surface area is 254 Å². The molecule has 1 amide bonds. The number of nitrogens with one attached hydrogen (secondary N) is 2. The molecule has 7 nitrogen and oxygen atoms in total. The van der Waals surface area contributed by atoms with Gasteiger partial charge in [-0.05, 0) is 55.8 Å². The van der Waals surface area contributed by atoms with Gasteiger partial charge in [-0.2, -0.15) is 0 Å². The fraction of sp³-hybridized carbons (Fsp3) is 0.606. The molecule has 0 spiro atoms. The summed E-state index contributed by atoms with van der Waals surface area (Å²) in [5.74, 6) is 0.747. The second-order valence-electron chi connectivity index (χ2n) is 11.3. The molecule has 1 saturated heterocycles. The summed E-state index contributed by atoms with van der Waals surface area (Å²) in [6, 6.07) is 18.4. The van der Waals surface area contributed by atoms with Crippen LogP contribution in [-0.4, -0.2) is 73.9 Å². The zero-order valence-electron chi connectivity index (χ0n) is 25.2. The maximum atomic E-state index is 12.3. The highest BCUT2D eigenvalue weighted by Crippen LogP contribution is 2.18. The van der Waals surface area contributed by atoms with Crippen LogP contribution in [0.5, 0.6) is 5.75 Å². The summed E-state index contributed by atoms with van der Waals surface area (Å²) in [6.07, 6.45) is 9.76. The molecule has 230 valence electrons. The fourth-order valence-electron chi connectivity index (χ4n) is 5.03. The Morgan fingerprint density at radius 1 is 0.854 bits per heavy atom. The Kier molecular flexibility index (Phi) is 17.5. The molecule has 2 aromatic rings. The van der Waals surface area contributed by atoms with Crippen molar-refractivity contribution in [1.29, 1.82) is 0 Å². The first-order valence-corrected chi connectivity index (χ1v) is 15.5. The molecule has 1 heterocycles. The van der Waals surface area contributed by atoms with Crippen LogP contribution < -0.4 is 20.3 Å². The van der Waals surface area contributed by atoms with E-state index in [9.17, 15) is 9.90 Å². The van der Waals surface area contributed by atoms with Crippen LogP contribution in [0.4, 0.5) is 11.4 Å². The van der Waals surface area contributed by atoms with Crippen LogP contribution in [-0.2, 0) is 4.79 Å². The van der Waals surface area contributed by atoms with E-state index in [0.717, 1.165) is 31.6 Å². The number of unbranched alkanes of at least 4 members (excludes halogenated alkanes) is 7. The number of hydrogen-bond acceptors (Lipinski definition) is 6. The van der Waals surface area contributed by atoms with E-state index in [4.69, 9.17) is 4.74 Å². The van der Waals surface area contributed by atoms with Crippen LogP contribution in [0.25, 0.3) is 0 Å². The Balaban J connectivity index is 0.00000588.